The Labute approximate surface area is 218 Å². The Balaban J connectivity index is 1.49. The van der Waals surface area contributed by atoms with Crippen molar-refractivity contribution in [1.82, 2.24) is 9.88 Å². The Morgan fingerprint density at radius 1 is 0.838 bits per heavy atom. The molecule has 5 heteroatoms. The molecule has 1 aliphatic heterocycles. The number of hydrogen-bond donors (Lipinski definition) is 2. The molecule has 192 valence electrons. The van der Waals surface area contributed by atoms with Gasteiger partial charge in [-0.1, -0.05) is 32.6 Å². The number of carbonyl (C=O) groups excluding carboxylic acids is 2. The van der Waals surface area contributed by atoms with Gasteiger partial charge in [0.1, 0.15) is 5.75 Å². The highest BCUT2D eigenvalue weighted by atomic mass is 16.3. The zero-order valence-electron chi connectivity index (χ0n) is 21.6. The van der Waals surface area contributed by atoms with E-state index in [1.807, 2.05) is 30.3 Å². The summed E-state index contributed by atoms with van der Waals surface area (Å²) in [5.41, 5.74) is 4.09. The summed E-state index contributed by atoms with van der Waals surface area (Å²) in [4.78, 5) is 26.2. The maximum absolute atomic E-state index is 13.2. The Bertz CT molecular complexity index is 1410. The van der Waals surface area contributed by atoms with Crippen molar-refractivity contribution < 1.29 is 14.7 Å². The first kappa shape index (κ1) is 25.2. The molecule has 0 saturated carbocycles. The van der Waals surface area contributed by atoms with Gasteiger partial charge in [0, 0.05) is 51.5 Å². The molecule has 0 radical (unpaired) electrons. The van der Waals surface area contributed by atoms with Gasteiger partial charge in [-0.25, -0.2) is 0 Å². The molecule has 4 aromatic rings. The standard InChI is InChI=1S/C32H36N2O3/c1-2-3-4-5-6-7-31(36)24-10-14-29-27(18-24)28-19-25(32(37)23-8-12-26(35)13-9-23)11-15-30(28)34(29)17-16-22-20-33-21-22/h8-15,18-19,22,33,35H,2-7,16-17,20-21H2,1H3. The van der Waals surface area contributed by atoms with Gasteiger partial charge in [0.15, 0.2) is 11.6 Å². The first-order valence-corrected chi connectivity index (χ1v) is 13.7. The third-order valence-electron chi connectivity index (χ3n) is 7.71. The molecule has 1 fully saturated rings. The summed E-state index contributed by atoms with van der Waals surface area (Å²) in [5, 5.41) is 15.0. The number of aromatic hydroxyl groups is 1. The minimum atomic E-state index is -0.0809. The largest absolute Gasteiger partial charge is 0.508 e. The highest BCUT2D eigenvalue weighted by molar-refractivity contribution is 6.15. The Hall–Kier alpha value is -3.44. The lowest BCUT2D eigenvalue weighted by molar-refractivity contribution is 0.0978. The summed E-state index contributed by atoms with van der Waals surface area (Å²) in [6, 6.07) is 18.3. The summed E-state index contributed by atoms with van der Waals surface area (Å²) >= 11 is 0. The lowest BCUT2D eigenvalue weighted by atomic mass is 9.99. The minimum Gasteiger partial charge on any atom is -0.508 e. The maximum atomic E-state index is 13.2. The topological polar surface area (TPSA) is 71.3 Å². The van der Waals surface area contributed by atoms with Crippen molar-refractivity contribution in [2.45, 2.75) is 58.4 Å². The van der Waals surface area contributed by atoms with E-state index in [1.165, 1.54) is 31.4 Å². The number of carbonyl (C=O) groups is 2. The van der Waals surface area contributed by atoms with Gasteiger partial charge in [-0.15, -0.1) is 0 Å². The zero-order chi connectivity index (χ0) is 25.8. The van der Waals surface area contributed by atoms with E-state index in [2.05, 4.69) is 22.9 Å². The van der Waals surface area contributed by atoms with Crippen LogP contribution in [0.1, 0.15) is 78.1 Å². The minimum absolute atomic E-state index is 0.0809. The quantitative estimate of drug-likeness (QED) is 0.166. The van der Waals surface area contributed by atoms with E-state index in [9.17, 15) is 14.7 Å². The molecule has 0 amide bonds. The fourth-order valence-corrected chi connectivity index (χ4v) is 5.34. The molecular weight excluding hydrogens is 460 g/mol. The van der Waals surface area contributed by atoms with Crippen molar-refractivity contribution in [3.05, 3.63) is 77.4 Å². The number of aromatic nitrogens is 1. The molecular formula is C32H36N2O3. The highest BCUT2D eigenvalue weighted by Gasteiger charge is 2.20. The van der Waals surface area contributed by atoms with Crippen LogP contribution in [0.2, 0.25) is 0 Å². The predicted octanol–water partition coefficient (Wildman–Crippen LogP) is 6.88. The molecule has 0 unspecified atom stereocenters. The molecule has 5 nitrogen and oxygen atoms in total. The van der Waals surface area contributed by atoms with E-state index in [1.54, 1.807) is 12.1 Å². The van der Waals surface area contributed by atoms with Crippen molar-refractivity contribution in [3.63, 3.8) is 0 Å². The van der Waals surface area contributed by atoms with Gasteiger partial charge >= 0.3 is 0 Å². The number of nitrogens with one attached hydrogen (secondary N) is 1. The monoisotopic (exact) mass is 496 g/mol. The highest BCUT2D eigenvalue weighted by Crippen LogP contribution is 2.32. The SMILES string of the molecule is CCCCCCCC(=O)c1ccc2c(c1)c1cc(C(=O)c3ccc(O)cc3)ccc1n2CCC1CNC1. The van der Waals surface area contributed by atoms with Gasteiger partial charge in [0.2, 0.25) is 0 Å². The third kappa shape index (κ3) is 5.47. The molecule has 1 saturated heterocycles. The van der Waals surface area contributed by atoms with Crippen LogP contribution in [0.25, 0.3) is 21.8 Å². The lowest BCUT2D eigenvalue weighted by Crippen LogP contribution is -2.42. The molecule has 0 spiro atoms. The van der Waals surface area contributed by atoms with Crippen LogP contribution in [0.3, 0.4) is 0 Å². The van der Waals surface area contributed by atoms with Crippen LogP contribution in [0.15, 0.2) is 60.7 Å². The Morgan fingerprint density at radius 2 is 1.46 bits per heavy atom. The van der Waals surface area contributed by atoms with Crippen LogP contribution in [-0.4, -0.2) is 34.3 Å². The fourth-order valence-electron chi connectivity index (χ4n) is 5.34. The smallest absolute Gasteiger partial charge is 0.193 e. The van der Waals surface area contributed by atoms with Gasteiger partial charge in [-0.3, -0.25) is 9.59 Å². The second-order valence-electron chi connectivity index (χ2n) is 10.4. The zero-order valence-corrected chi connectivity index (χ0v) is 21.6. The number of fused-ring (bicyclic) bond motifs is 3. The van der Waals surface area contributed by atoms with E-state index >= 15 is 0 Å². The molecule has 2 heterocycles. The van der Waals surface area contributed by atoms with E-state index in [-0.39, 0.29) is 17.3 Å². The van der Waals surface area contributed by atoms with Crippen LogP contribution in [0.5, 0.6) is 5.75 Å². The fraction of sp³-hybridized carbons (Fsp3) is 0.375. The number of rotatable bonds is 12. The second kappa shape index (κ2) is 11.3. The molecule has 5 rings (SSSR count). The summed E-state index contributed by atoms with van der Waals surface area (Å²) < 4.78 is 2.34. The number of nitrogens with zero attached hydrogens (tertiary/aromatic N) is 1. The van der Waals surface area contributed by atoms with E-state index in [0.29, 0.717) is 23.5 Å². The van der Waals surface area contributed by atoms with Gasteiger partial charge in [0.05, 0.1) is 0 Å². The molecule has 1 aromatic heterocycles. The van der Waals surface area contributed by atoms with Crippen molar-refractivity contribution in [2.24, 2.45) is 5.92 Å². The number of Topliss-reactive ketones (excluding diaryl/α,β-unsaturated/α-hetero) is 1. The van der Waals surface area contributed by atoms with Gasteiger partial charge in [0.25, 0.3) is 0 Å². The van der Waals surface area contributed by atoms with Crippen molar-refractivity contribution >= 4 is 33.4 Å². The Morgan fingerprint density at radius 3 is 2.11 bits per heavy atom. The van der Waals surface area contributed by atoms with Crippen LogP contribution in [0, 0.1) is 5.92 Å². The van der Waals surface area contributed by atoms with E-state index in [4.69, 9.17) is 0 Å². The van der Waals surface area contributed by atoms with Gasteiger partial charge in [-0.05, 0) is 92.5 Å². The number of ketones is 2. The van der Waals surface area contributed by atoms with Gasteiger partial charge in [-0.2, -0.15) is 0 Å². The molecule has 3 aromatic carbocycles. The Kier molecular flexibility index (Phi) is 7.71. The normalized spacial score (nSPS) is 13.8. The second-order valence-corrected chi connectivity index (χ2v) is 10.4. The average molecular weight is 497 g/mol. The van der Waals surface area contributed by atoms with Crippen molar-refractivity contribution in [2.75, 3.05) is 13.1 Å². The number of benzene rings is 3. The molecule has 2 N–H and O–H groups in total. The van der Waals surface area contributed by atoms with Crippen LogP contribution in [0.4, 0.5) is 0 Å². The summed E-state index contributed by atoms with van der Waals surface area (Å²) in [6.45, 7) is 5.24. The molecule has 0 atom stereocenters. The maximum Gasteiger partial charge on any atom is 0.193 e. The molecule has 1 aliphatic rings. The molecule has 0 aliphatic carbocycles. The number of unbranched alkanes of at least 4 members (excludes halogenated alkanes) is 4. The number of hydrogen-bond acceptors (Lipinski definition) is 4. The lowest BCUT2D eigenvalue weighted by Gasteiger charge is -2.27. The molecule has 0 bridgehead atoms. The third-order valence-corrected chi connectivity index (χ3v) is 7.71. The first-order chi connectivity index (χ1) is 18.0. The summed E-state index contributed by atoms with van der Waals surface area (Å²) in [5.74, 6) is 0.939. The number of phenols is 1. The average Bonchev–Trinajstić information content (AvgIpc) is 3.20. The molecule has 37 heavy (non-hydrogen) atoms. The predicted molar refractivity (Wildman–Crippen MR) is 150 cm³/mol. The van der Waals surface area contributed by atoms with Crippen LogP contribution in [-0.2, 0) is 6.54 Å². The van der Waals surface area contributed by atoms with Crippen molar-refractivity contribution in [3.8, 4) is 5.75 Å². The summed E-state index contributed by atoms with van der Waals surface area (Å²) in [7, 11) is 0. The summed E-state index contributed by atoms with van der Waals surface area (Å²) in [6.07, 6.45) is 7.31. The number of phenolic OH excluding ortho intramolecular Hbond substituents is 1. The van der Waals surface area contributed by atoms with E-state index < -0.39 is 0 Å². The van der Waals surface area contributed by atoms with Crippen molar-refractivity contribution in [1.29, 1.82) is 0 Å². The number of aryl methyl sites for hydroxylation is 1. The first-order valence-electron chi connectivity index (χ1n) is 13.7. The van der Waals surface area contributed by atoms with Crippen LogP contribution < -0.4 is 5.32 Å². The van der Waals surface area contributed by atoms with Gasteiger partial charge < -0.3 is 15.0 Å². The van der Waals surface area contributed by atoms with E-state index in [0.717, 1.165) is 66.3 Å². The van der Waals surface area contributed by atoms with Crippen LogP contribution >= 0.6 is 0 Å².